The standard InChI is InChI=1S/C11H21N3O3/c1-11(2,5-3-9(15)16)13-10(17)14-6-4-8(12)7-14/h8H,3-7,12H2,1-2H3,(H,13,17)(H,15,16). The first kappa shape index (κ1) is 13.8. The van der Waals surface area contributed by atoms with Crippen LogP contribution in [0.1, 0.15) is 33.1 Å². The van der Waals surface area contributed by atoms with E-state index in [0.717, 1.165) is 6.42 Å². The first-order valence-corrected chi connectivity index (χ1v) is 5.84. The zero-order valence-corrected chi connectivity index (χ0v) is 10.4. The van der Waals surface area contributed by atoms with Crippen molar-refractivity contribution in [1.29, 1.82) is 0 Å². The third kappa shape index (κ3) is 4.60. The van der Waals surface area contributed by atoms with Crippen LogP contribution in [0, 0.1) is 0 Å². The monoisotopic (exact) mass is 243 g/mol. The smallest absolute Gasteiger partial charge is 0.317 e. The fourth-order valence-electron chi connectivity index (χ4n) is 1.82. The number of carbonyl (C=O) groups excluding carboxylic acids is 1. The Morgan fingerprint density at radius 3 is 2.65 bits per heavy atom. The molecule has 1 aliphatic rings. The van der Waals surface area contributed by atoms with E-state index in [9.17, 15) is 9.59 Å². The summed E-state index contributed by atoms with van der Waals surface area (Å²) in [6, 6.07) is -0.101. The van der Waals surface area contributed by atoms with Gasteiger partial charge in [-0.25, -0.2) is 4.79 Å². The summed E-state index contributed by atoms with van der Waals surface area (Å²) in [5.74, 6) is -0.851. The van der Waals surface area contributed by atoms with Gasteiger partial charge in [-0.05, 0) is 26.7 Å². The number of amides is 2. The fourth-order valence-corrected chi connectivity index (χ4v) is 1.82. The Labute approximate surface area is 101 Å². The second-order valence-corrected chi connectivity index (χ2v) is 5.20. The number of nitrogens with two attached hydrogens (primary N) is 1. The molecule has 0 radical (unpaired) electrons. The summed E-state index contributed by atoms with van der Waals surface area (Å²) in [4.78, 5) is 24.0. The molecule has 0 aromatic heterocycles. The first-order valence-electron chi connectivity index (χ1n) is 5.84. The zero-order chi connectivity index (χ0) is 13.1. The van der Waals surface area contributed by atoms with Crippen LogP contribution < -0.4 is 11.1 Å². The molecule has 1 unspecified atom stereocenters. The Bertz CT molecular complexity index is 304. The minimum atomic E-state index is -0.851. The summed E-state index contributed by atoms with van der Waals surface area (Å²) in [5.41, 5.74) is 5.21. The quantitative estimate of drug-likeness (QED) is 0.664. The molecule has 2 amide bonds. The highest BCUT2D eigenvalue weighted by Gasteiger charge is 2.28. The number of urea groups is 1. The minimum absolute atomic E-state index is 0.0484. The molecule has 6 heteroatoms. The van der Waals surface area contributed by atoms with Crippen LogP contribution in [0.25, 0.3) is 0 Å². The average molecular weight is 243 g/mol. The number of rotatable bonds is 4. The molecule has 1 saturated heterocycles. The highest BCUT2D eigenvalue weighted by molar-refractivity contribution is 5.75. The van der Waals surface area contributed by atoms with E-state index in [0.29, 0.717) is 19.5 Å². The van der Waals surface area contributed by atoms with Gasteiger partial charge in [-0.1, -0.05) is 0 Å². The molecule has 0 saturated carbocycles. The Kier molecular flexibility index (Phi) is 4.34. The molecule has 6 nitrogen and oxygen atoms in total. The summed E-state index contributed by atoms with van der Waals surface area (Å²) in [6.45, 7) is 4.89. The molecule has 0 spiro atoms. The Morgan fingerprint density at radius 1 is 1.53 bits per heavy atom. The van der Waals surface area contributed by atoms with Gasteiger partial charge in [0.2, 0.25) is 0 Å². The largest absolute Gasteiger partial charge is 0.481 e. The summed E-state index contributed by atoms with van der Waals surface area (Å²) in [5, 5.41) is 11.5. The van der Waals surface area contributed by atoms with Crippen LogP contribution in [-0.4, -0.2) is 46.7 Å². The van der Waals surface area contributed by atoms with Gasteiger partial charge in [-0.3, -0.25) is 4.79 Å². The van der Waals surface area contributed by atoms with E-state index in [2.05, 4.69) is 5.32 Å². The lowest BCUT2D eigenvalue weighted by molar-refractivity contribution is -0.137. The maximum atomic E-state index is 11.9. The van der Waals surface area contributed by atoms with Crippen LogP contribution in [-0.2, 0) is 4.79 Å². The maximum absolute atomic E-state index is 11.9. The number of hydrogen-bond acceptors (Lipinski definition) is 3. The van der Waals surface area contributed by atoms with Gasteiger partial charge in [-0.15, -0.1) is 0 Å². The number of aliphatic carboxylic acids is 1. The summed E-state index contributed by atoms with van der Waals surface area (Å²) < 4.78 is 0. The Balaban J connectivity index is 2.41. The van der Waals surface area contributed by atoms with Crippen molar-refractivity contribution < 1.29 is 14.7 Å². The van der Waals surface area contributed by atoms with Crippen LogP contribution in [0.3, 0.4) is 0 Å². The Morgan fingerprint density at radius 2 is 2.18 bits per heavy atom. The van der Waals surface area contributed by atoms with E-state index in [4.69, 9.17) is 10.8 Å². The fraction of sp³-hybridized carbons (Fsp3) is 0.818. The summed E-state index contributed by atoms with van der Waals surface area (Å²) >= 11 is 0. The number of nitrogens with one attached hydrogen (secondary N) is 1. The third-order valence-electron chi connectivity index (χ3n) is 2.92. The maximum Gasteiger partial charge on any atom is 0.317 e. The number of carboxylic acids is 1. The third-order valence-corrected chi connectivity index (χ3v) is 2.92. The van der Waals surface area contributed by atoms with E-state index >= 15 is 0 Å². The van der Waals surface area contributed by atoms with Crippen molar-refractivity contribution in [3.05, 3.63) is 0 Å². The highest BCUT2D eigenvalue weighted by atomic mass is 16.4. The van der Waals surface area contributed by atoms with E-state index < -0.39 is 11.5 Å². The van der Waals surface area contributed by atoms with Gasteiger partial charge >= 0.3 is 12.0 Å². The number of hydrogen-bond donors (Lipinski definition) is 3. The van der Waals surface area contributed by atoms with Crippen molar-refractivity contribution in [2.45, 2.75) is 44.7 Å². The minimum Gasteiger partial charge on any atom is -0.481 e. The van der Waals surface area contributed by atoms with Gasteiger partial charge in [0.15, 0.2) is 0 Å². The van der Waals surface area contributed by atoms with Crippen molar-refractivity contribution in [2.24, 2.45) is 5.73 Å². The predicted octanol–water partition coefficient (Wildman–Crippen LogP) is 0.372. The number of nitrogens with zero attached hydrogens (tertiary/aromatic N) is 1. The predicted molar refractivity (Wildman–Crippen MR) is 63.6 cm³/mol. The SMILES string of the molecule is CC(C)(CCC(=O)O)NC(=O)N1CCC(N)C1. The normalized spacial score (nSPS) is 20.4. The summed E-state index contributed by atoms with van der Waals surface area (Å²) in [7, 11) is 0. The van der Waals surface area contributed by atoms with Gasteiger partial charge in [0.05, 0.1) is 0 Å². The number of likely N-dealkylation sites (tertiary alicyclic amines) is 1. The number of carbonyl (C=O) groups is 2. The van der Waals surface area contributed by atoms with E-state index in [1.165, 1.54) is 0 Å². The lowest BCUT2D eigenvalue weighted by Crippen LogP contribution is -2.50. The molecule has 4 N–H and O–H groups in total. The van der Waals surface area contributed by atoms with Gasteiger partial charge in [0.1, 0.15) is 0 Å². The van der Waals surface area contributed by atoms with Gasteiger partial charge in [-0.2, -0.15) is 0 Å². The lowest BCUT2D eigenvalue weighted by Gasteiger charge is -2.28. The molecule has 0 aromatic carbocycles. The van der Waals surface area contributed by atoms with Crippen molar-refractivity contribution >= 4 is 12.0 Å². The molecule has 0 aromatic rings. The number of carboxylic acid groups (broad SMARTS) is 1. The summed E-state index contributed by atoms with van der Waals surface area (Å²) in [6.07, 6.45) is 1.28. The molecule has 1 rings (SSSR count). The second-order valence-electron chi connectivity index (χ2n) is 5.20. The van der Waals surface area contributed by atoms with Crippen LogP contribution in [0.4, 0.5) is 4.79 Å². The molecule has 17 heavy (non-hydrogen) atoms. The molecular weight excluding hydrogens is 222 g/mol. The second kappa shape index (κ2) is 5.35. The van der Waals surface area contributed by atoms with Crippen molar-refractivity contribution in [3.63, 3.8) is 0 Å². The van der Waals surface area contributed by atoms with Crippen LogP contribution >= 0.6 is 0 Å². The van der Waals surface area contributed by atoms with E-state index in [1.807, 2.05) is 13.8 Å². The molecule has 0 bridgehead atoms. The zero-order valence-electron chi connectivity index (χ0n) is 10.4. The van der Waals surface area contributed by atoms with Crippen LogP contribution in [0.2, 0.25) is 0 Å². The van der Waals surface area contributed by atoms with Crippen molar-refractivity contribution in [3.8, 4) is 0 Å². The molecule has 1 aliphatic heterocycles. The lowest BCUT2D eigenvalue weighted by atomic mass is 9.99. The average Bonchev–Trinajstić information content (AvgIpc) is 2.61. The Hall–Kier alpha value is -1.30. The molecule has 0 aliphatic carbocycles. The first-order chi connectivity index (χ1) is 7.80. The van der Waals surface area contributed by atoms with Crippen LogP contribution in [0.15, 0.2) is 0 Å². The topological polar surface area (TPSA) is 95.7 Å². The van der Waals surface area contributed by atoms with Gasteiger partial charge < -0.3 is 21.1 Å². The van der Waals surface area contributed by atoms with Gasteiger partial charge in [0, 0.05) is 31.1 Å². The molecule has 1 atom stereocenters. The molecular formula is C11H21N3O3. The molecule has 1 heterocycles. The van der Waals surface area contributed by atoms with E-state index in [-0.39, 0.29) is 18.5 Å². The van der Waals surface area contributed by atoms with Crippen LogP contribution in [0.5, 0.6) is 0 Å². The molecule has 1 fully saturated rings. The molecule has 98 valence electrons. The van der Waals surface area contributed by atoms with Crippen molar-refractivity contribution in [2.75, 3.05) is 13.1 Å². The van der Waals surface area contributed by atoms with E-state index in [1.54, 1.807) is 4.90 Å². The van der Waals surface area contributed by atoms with Gasteiger partial charge in [0.25, 0.3) is 0 Å². The van der Waals surface area contributed by atoms with Crippen molar-refractivity contribution in [1.82, 2.24) is 10.2 Å². The highest BCUT2D eigenvalue weighted by Crippen LogP contribution is 2.14.